The molecule has 4 aromatic rings. The molecule has 0 radical (unpaired) electrons. The van der Waals surface area contributed by atoms with E-state index in [9.17, 15) is 4.39 Å². The molecule has 102 valence electrons. The number of nitrogens with zero attached hydrogens (tertiary/aromatic N) is 3. The third-order valence-electron chi connectivity index (χ3n) is 4.29. The lowest BCUT2D eigenvalue weighted by Crippen LogP contribution is -1.97. The van der Waals surface area contributed by atoms with Crippen LogP contribution in [-0.2, 0) is 0 Å². The van der Waals surface area contributed by atoms with Crippen molar-refractivity contribution >= 4 is 27.2 Å². The Morgan fingerprint density at radius 2 is 2.00 bits per heavy atom. The Morgan fingerprint density at radius 3 is 2.86 bits per heavy atom. The smallest absolute Gasteiger partial charge is 0.123 e. The Kier molecular flexibility index (Phi) is 2.02. The first-order valence-electron chi connectivity index (χ1n) is 7.16. The van der Waals surface area contributed by atoms with Crippen molar-refractivity contribution in [2.75, 3.05) is 0 Å². The number of pyridine rings is 2. The number of hydrogen-bond acceptors (Lipinski definition) is 2. The molecule has 1 aliphatic carbocycles. The summed E-state index contributed by atoms with van der Waals surface area (Å²) in [6.07, 6.45) is 5.94. The molecule has 21 heavy (non-hydrogen) atoms. The van der Waals surface area contributed by atoms with Gasteiger partial charge in [0.15, 0.2) is 0 Å². The number of fused-ring (bicyclic) bond motifs is 5. The molecule has 1 aromatic carbocycles. The fourth-order valence-electron chi connectivity index (χ4n) is 3.13. The second-order valence-corrected chi connectivity index (χ2v) is 5.73. The topological polar surface area (TPSA) is 30.2 Å². The molecule has 0 saturated heterocycles. The van der Waals surface area contributed by atoms with Crippen molar-refractivity contribution in [3.8, 4) is 0 Å². The minimum absolute atomic E-state index is 0.216. The van der Waals surface area contributed by atoms with E-state index in [1.165, 1.54) is 24.6 Å². The summed E-state index contributed by atoms with van der Waals surface area (Å²) in [5.41, 5.74) is 3.07. The van der Waals surface area contributed by atoms with E-state index >= 15 is 0 Å². The van der Waals surface area contributed by atoms with Gasteiger partial charge in [-0.3, -0.25) is 4.98 Å². The fraction of sp³-hybridized carbons (Fsp3) is 0.176. The second kappa shape index (κ2) is 3.79. The van der Waals surface area contributed by atoms with Crippen molar-refractivity contribution in [2.45, 2.75) is 18.8 Å². The predicted octanol–water partition coefficient (Wildman–Crippen LogP) is 4.05. The second-order valence-electron chi connectivity index (χ2n) is 5.73. The molecular formula is C17H12FN3. The largest absolute Gasteiger partial charge is 0.262 e. The van der Waals surface area contributed by atoms with Crippen LogP contribution in [0.25, 0.3) is 27.2 Å². The van der Waals surface area contributed by atoms with Gasteiger partial charge in [0.05, 0.1) is 11.7 Å². The Balaban J connectivity index is 2.08. The molecule has 4 heteroatoms. The quantitative estimate of drug-likeness (QED) is 0.525. The van der Waals surface area contributed by atoms with Gasteiger partial charge in [0, 0.05) is 28.6 Å². The van der Waals surface area contributed by atoms with Crippen LogP contribution < -0.4 is 0 Å². The molecule has 0 spiro atoms. The summed E-state index contributed by atoms with van der Waals surface area (Å²) in [5.74, 6) is 0.358. The van der Waals surface area contributed by atoms with Crippen molar-refractivity contribution in [3.05, 3.63) is 54.2 Å². The summed E-state index contributed by atoms with van der Waals surface area (Å²) in [6, 6.07) is 9.09. The molecule has 3 aromatic heterocycles. The third kappa shape index (κ3) is 1.53. The van der Waals surface area contributed by atoms with Crippen LogP contribution in [0.3, 0.4) is 0 Å². The van der Waals surface area contributed by atoms with E-state index < -0.39 is 0 Å². The molecule has 0 aliphatic heterocycles. The van der Waals surface area contributed by atoms with Crippen LogP contribution in [-0.4, -0.2) is 14.6 Å². The van der Waals surface area contributed by atoms with Gasteiger partial charge in [-0.2, -0.15) is 5.10 Å². The van der Waals surface area contributed by atoms with Crippen molar-refractivity contribution in [1.29, 1.82) is 0 Å². The molecule has 3 nitrogen and oxygen atoms in total. The summed E-state index contributed by atoms with van der Waals surface area (Å²) in [6.45, 7) is 0. The van der Waals surface area contributed by atoms with Gasteiger partial charge in [-0.15, -0.1) is 0 Å². The average Bonchev–Trinajstić information content (AvgIpc) is 3.26. The van der Waals surface area contributed by atoms with Gasteiger partial charge in [0.25, 0.3) is 0 Å². The molecule has 1 aliphatic rings. The van der Waals surface area contributed by atoms with E-state index in [1.54, 1.807) is 18.5 Å². The Morgan fingerprint density at radius 1 is 1.10 bits per heavy atom. The predicted molar refractivity (Wildman–Crippen MR) is 79.9 cm³/mol. The Hall–Kier alpha value is -2.49. The van der Waals surface area contributed by atoms with E-state index in [0.29, 0.717) is 5.92 Å². The maximum atomic E-state index is 13.7. The molecule has 3 heterocycles. The molecule has 0 amide bonds. The number of halogens is 1. The number of benzene rings is 1. The van der Waals surface area contributed by atoms with E-state index in [-0.39, 0.29) is 5.82 Å². The highest BCUT2D eigenvalue weighted by atomic mass is 19.1. The lowest BCUT2D eigenvalue weighted by Gasteiger charge is -2.08. The first kappa shape index (κ1) is 11.2. The zero-order chi connectivity index (χ0) is 14.0. The lowest BCUT2D eigenvalue weighted by atomic mass is 10.1. The summed E-state index contributed by atoms with van der Waals surface area (Å²) < 4.78 is 15.7. The Bertz CT molecular complexity index is 1010. The molecule has 0 unspecified atom stereocenters. The summed E-state index contributed by atoms with van der Waals surface area (Å²) >= 11 is 0. The first-order chi connectivity index (χ1) is 10.3. The SMILES string of the molecule is Fc1ccc2cc(C3CC3)n3nc4cnccc4c3c2c1. The summed E-state index contributed by atoms with van der Waals surface area (Å²) in [7, 11) is 0. The highest BCUT2D eigenvalue weighted by Gasteiger charge is 2.28. The van der Waals surface area contributed by atoms with E-state index in [0.717, 1.165) is 27.2 Å². The normalized spacial score (nSPS) is 15.3. The Labute approximate surface area is 120 Å². The van der Waals surface area contributed by atoms with Crippen LogP contribution in [0.4, 0.5) is 4.39 Å². The van der Waals surface area contributed by atoms with Crippen LogP contribution in [0.2, 0.25) is 0 Å². The number of hydrogen-bond donors (Lipinski definition) is 0. The maximum absolute atomic E-state index is 13.7. The standard InChI is InChI=1S/C17H12FN3/c18-12-4-3-11-7-16(10-1-2-10)21-17(14(11)8-12)13-5-6-19-9-15(13)20-21/h3-10H,1-2H2. The zero-order valence-electron chi connectivity index (χ0n) is 11.3. The van der Waals surface area contributed by atoms with Crippen molar-refractivity contribution in [1.82, 2.24) is 14.6 Å². The van der Waals surface area contributed by atoms with Crippen molar-refractivity contribution in [2.24, 2.45) is 0 Å². The van der Waals surface area contributed by atoms with E-state index in [1.807, 2.05) is 16.6 Å². The van der Waals surface area contributed by atoms with Crippen molar-refractivity contribution < 1.29 is 4.39 Å². The van der Waals surface area contributed by atoms with Crippen molar-refractivity contribution in [3.63, 3.8) is 0 Å². The monoisotopic (exact) mass is 277 g/mol. The van der Waals surface area contributed by atoms with Gasteiger partial charge in [0.1, 0.15) is 11.3 Å². The van der Waals surface area contributed by atoms with E-state index in [4.69, 9.17) is 0 Å². The lowest BCUT2D eigenvalue weighted by molar-refractivity contribution is 0.629. The van der Waals surface area contributed by atoms with Gasteiger partial charge < -0.3 is 0 Å². The maximum Gasteiger partial charge on any atom is 0.123 e. The molecular weight excluding hydrogens is 265 g/mol. The highest BCUT2D eigenvalue weighted by Crippen LogP contribution is 2.42. The fourth-order valence-corrected chi connectivity index (χ4v) is 3.13. The van der Waals surface area contributed by atoms with Gasteiger partial charge in [-0.1, -0.05) is 6.07 Å². The number of rotatable bonds is 1. The van der Waals surface area contributed by atoms with Gasteiger partial charge in [-0.05, 0) is 42.5 Å². The van der Waals surface area contributed by atoms with E-state index in [2.05, 4.69) is 16.1 Å². The average molecular weight is 277 g/mol. The molecule has 0 bridgehead atoms. The van der Waals surface area contributed by atoms with Gasteiger partial charge >= 0.3 is 0 Å². The van der Waals surface area contributed by atoms with Crippen LogP contribution in [0.5, 0.6) is 0 Å². The van der Waals surface area contributed by atoms with Gasteiger partial charge in [0.2, 0.25) is 0 Å². The third-order valence-corrected chi connectivity index (χ3v) is 4.29. The van der Waals surface area contributed by atoms with Gasteiger partial charge in [-0.25, -0.2) is 8.91 Å². The van der Waals surface area contributed by atoms with Crippen LogP contribution in [0.1, 0.15) is 24.5 Å². The molecule has 0 N–H and O–H groups in total. The molecule has 5 rings (SSSR count). The molecule has 1 fully saturated rings. The minimum atomic E-state index is -0.216. The zero-order valence-corrected chi connectivity index (χ0v) is 11.3. The van der Waals surface area contributed by atoms with Crippen LogP contribution in [0.15, 0.2) is 42.7 Å². The van der Waals surface area contributed by atoms with Crippen LogP contribution >= 0.6 is 0 Å². The highest BCUT2D eigenvalue weighted by molar-refractivity contribution is 6.09. The summed E-state index contributed by atoms with van der Waals surface area (Å²) in [5, 5.41) is 7.70. The first-order valence-corrected chi connectivity index (χ1v) is 7.16. The number of aromatic nitrogens is 3. The molecule has 0 atom stereocenters. The van der Waals surface area contributed by atoms with Crippen LogP contribution in [0, 0.1) is 5.82 Å². The molecule has 1 saturated carbocycles. The minimum Gasteiger partial charge on any atom is -0.262 e. The summed E-state index contributed by atoms with van der Waals surface area (Å²) in [4.78, 5) is 4.15.